The monoisotopic (exact) mass is 200 g/mol. The molecule has 1 aromatic rings. The first kappa shape index (κ1) is 9.82. The van der Waals surface area contributed by atoms with Gasteiger partial charge in [0.05, 0.1) is 0 Å². The molecule has 0 atom stereocenters. The van der Waals surface area contributed by atoms with Gasteiger partial charge in [0.25, 0.3) is 10.1 Å². The van der Waals surface area contributed by atoms with Crippen molar-refractivity contribution in [3.05, 3.63) is 24.3 Å². The zero-order chi connectivity index (χ0) is 9.90. The SMILES string of the molecule is CN=Nc1ccccc1S(=O)(=O)O. The molecule has 0 fully saturated rings. The highest BCUT2D eigenvalue weighted by Crippen LogP contribution is 2.23. The molecule has 0 aliphatic carbocycles. The van der Waals surface area contributed by atoms with Crippen molar-refractivity contribution in [1.82, 2.24) is 0 Å². The van der Waals surface area contributed by atoms with Crippen LogP contribution in [0.4, 0.5) is 5.69 Å². The van der Waals surface area contributed by atoms with Crippen LogP contribution in [0, 0.1) is 0 Å². The number of rotatable bonds is 2. The van der Waals surface area contributed by atoms with Crippen LogP contribution in [0.3, 0.4) is 0 Å². The van der Waals surface area contributed by atoms with Gasteiger partial charge in [-0.1, -0.05) is 12.1 Å². The predicted molar refractivity (Wildman–Crippen MR) is 46.7 cm³/mol. The van der Waals surface area contributed by atoms with E-state index in [1.54, 1.807) is 6.07 Å². The molecule has 0 heterocycles. The summed E-state index contributed by atoms with van der Waals surface area (Å²) in [5, 5.41) is 6.99. The molecular formula is C7H8N2O3S. The van der Waals surface area contributed by atoms with Crippen LogP contribution in [0.25, 0.3) is 0 Å². The van der Waals surface area contributed by atoms with Crippen LogP contribution in [0.2, 0.25) is 0 Å². The maximum absolute atomic E-state index is 10.8. The summed E-state index contributed by atoms with van der Waals surface area (Å²) in [6, 6.07) is 5.83. The van der Waals surface area contributed by atoms with Gasteiger partial charge in [-0.15, -0.1) is 0 Å². The predicted octanol–water partition coefficient (Wildman–Crippen LogP) is 1.65. The van der Waals surface area contributed by atoms with E-state index < -0.39 is 10.1 Å². The molecule has 0 spiro atoms. The third-order valence-corrected chi connectivity index (χ3v) is 2.25. The van der Waals surface area contributed by atoms with Crippen LogP contribution >= 0.6 is 0 Å². The lowest BCUT2D eigenvalue weighted by Gasteiger charge is -1.98. The van der Waals surface area contributed by atoms with E-state index in [9.17, 15) is 8.42 Å². The molecule has 0 aliphatic rings. The molecule has 1 rings (SSSR count). The van der Waals surface area contributed by atoms with E-state index in [0.29, 0.717) is 0 Å². The fraction of sp³-hybridized carbons (Fsp3) is 0.143. The van der Waals surface area contributed by atoms with Crippen molar-refractivity contribution in [2.45, 2.75) is 4.90 Å². The zero-order valence-corrected chi connectivity index (χ0v) is 7.69. The minimum atomic E-state index is -4.21. The highest BCUT2D eigenvalue weighted by atomic mass is 32.2. The Balaban J connectivity index is 3.37. The Morgan fingerprint density at radius 3 is 2.46 bits per heavy atom. The largest absolute Gasteiger partial charge is 0.296 e. The maximum Gasteiger partial charge on any atom is 0.296 e. The third-order valence-electron chi connectivity index (χ3n) is 1.35. The molecule has 6 heteroatoms. The number of hydrogen-bond acceptors (Lipinski definition) is 4. The Bertz CT molecular complexity index is 425. The van der Waals surface area contributed by atoms with Crippen LogP contribution in [0.1, 0.15) is 0 Å². The molecule has 0 aromatic heterocycles. The molecule has 0 amide bonds. The minimum absolute atomic E-state index is 0.132. The van der Waals surface area contributed by atoms with Crippen LogP contribution in [-0.4, -0.2) is 20.0 Å². The smallest absolute Gasteiger partial charge is 0.282 e. The Labute approximate surface area is 75.9 Å². The van der Waals surface area contributed by atoms with E-state index in [1.807, 2.05) is 0 Å². The quantitative estimate of drug-likeness (QED) is 0.582. The summed E-state index contributed by atoms with van der Waals surface area (Å²) in [5.41, 5.74) is 0.132. The molecule has 1 N–H and O–H groups in total. The van der Waals surface area contributed by atoms with Crippen LogP contribution in [-0.2, 0) is 10.1 Å². The van der Waals surface area contributed by atoms with Crippen molar-refractivity contribution < 1.29 is 13.0 Å². The summed E-state index contributed by atoms with van der Waals surface area (Å²) in [6.45, 7) is 0. The topological polar surface area (TPSA) is 79.1 Å². The van der Waals surface area contributed by atoms with Gasteiger partial charge in [-0.05, 0) is 12.1 Å². The number of hydrogen-bond donors (Lipinski definition) is 1. The van der Waals surface area contributed by atoms with Gasteiger partial charge in [0.1, 0.15) is 10.6 Å². The zero-order valence-electron chi connectivity index (χ0n) is 6.88. The first-order valence-corrected chi connectivity index (χ1v) is 4.86. The Kier molecular flexibility index (Phi) is 2.74. The van der Waals surface area contributed by atoms with Crippen LogP contribution in [0.15, 0.2) is 39.4 Å². The van der Waals surface area contributed by atoms with Crippen molar-refractivity contribution in [3.8, 4) is 0 Å². The second kappa shape index (κ2) is 3.63. The van der Waals surface area contributed by atoms with E-state index in [1.165, 1.54) is 25.2 Å². The normalized spacial score (nSPS) is 12.2. The molecule has 0 saturated carbocycles. The molecule has 0 radical (unpaired) electrons. The minimum Gasteiger partial charge on any atom is -0.282 e. The van der Waals surface area contributed by atoms with Gasteiger partial charge in [-0.25, -0.2) is 0 Å². The van der Waals surface area contributed by atoms with Crippen LogP contribution < -0.4 is 0 Å². The number of nitrogens with zero attached hydrogens (tertiary/aromatic N) is 2. The Morgan fingerprint density at radius 2 is 1.92 bits per heavy atom. The molecular weight excluding hydrogens is 192 g/mol. The maximum atomic E-state index is 10.8. The Hall–Kier alpha value is -1.27. The lowest BCUT2D eigenvalue weighted by molar-refractivity contribution is 0.483. The fourth-order valence-corrected chi connectivity index (χ4v) is 1.49. The van der Waals surface area contributed by atoms with Crippen molar-refractivity contribution in [3.63, 3.8) is 0 Å². The van der Waals surface area contributed by atoms with Crippen molar-refractivity contribution in [2.24, 2.45) is 10.2 Å². The highest BCUT2D eigenvalue weighted by Gasteiger charge is 2.13. The number of benzene rings is 1. The van der Waals surface area contributed by atoms with Gasteiger partial charge in [0, 0.05) is 7.05 Å². The molecule has 5 nitrogen and oxygen atoms in total. The summed E-state index contributed by atoms with van der Waals surface area (Å²) < 4.78 is 30.3. The third kappa shape index (κ3) is 2.33. The number of azo groups is 1. The van der Waals surface area contributed by atoms with Crippen molar-refractivity contribution in [1.29, 1.82) is 0 Å². The summed E-state index contributed by atoms with van der Waals surface area (Å²) >= 11 is 0. The van der Waals surface area contributed by atoms with Gasteiger partial charge < -0.3 is 0 Å². The second-order valence-electron chi connectivity index (χ2n) is 2.24. The fourth-order valence-electron chi connectivity index (χ4n) is 0.866. The molecule has 70 valence electrons. The second-order valence-corrected chi connectivity index (χ2v) is 3.63. The molecule has 0 bridgehead atoms. The molecule has 13 heavy (non-hydrogen) atoms. The van der Waals surface area contributed by atoms with E-state index >= 15 is 0 Å². The highest BCUT2D eigenvalue weighted by molar-refractivity contribution is 7.86. The standard InChI is InChI=1S/C7H8N2O3S/c1-8-9-6-4-2-3-5-7(6)13(10,11)12/h2-5H,1H3,(H,10,11,12). The molecule has 0 aliphatic heterocycles. The Morgan fingerprint density at radius 1 is 1.31 bits per heavy atom. The average Bonchev–Trinajstić information content (AvgIpc) is 2.04. The molecule has 1 aromatic carbocycles. The van der Waals surface area contributed by atoms with Gasteiger partial charge in [0.15, 0.2) is 0 Å². The van der Waals surface area contributed by atoms with Gasteiger partial charge in [-0.3, -0.25) is 4.55 Å². The van der Waals surface area contributed by atoms with Gasteiger partial charge in [-0.2, -0.15) is 18.6 Å². The van der Waals surface area contributed by atoms with Gasteiger partial charge in [0.2, 0.25) is 0 Å². The lowest BCUT2D eigenvalue weighted by Crippen LogP contribution is -1.97. The summed E-state index contributed by atoms with van der Waals surface area (Å²) in [7, 11) is -2.79. The summed E-state index contributed by atoms with van der Waals surface area (Å²) in [6.07, 6.45) is 0. The lowest BCUT2D eigenvalue weighted by atomic mass is 10.3. The average molecular weight is 200 g/mol. The molecule has 0 saturated heterocycles. The first-order chi connectivity index (χ1) is 6.05. The van der Waals surface area contributed by atoms with E-state index in [0.717, 1.165) is 0 Å². The summed E-state index contributed by atoms with van der Waals surface area (Å²) in [4.78, 5) is -0.236. The van der Waals surface area contributed by atoms with Gasteiger partial charge >= 0.3 is 0 Å². The van der Waals surface area contributed by atoms with E-state index in [2.05, 4.69) is 10.2 Å². The van der Waals surface area contributed by atoms with E-state index in [4.69, 9.17) is 4.55 Å². The summed E-state index contributed by atoms with van der Waals surface area (Å²) in [5.74, 6) is 0. The van der Waals surface area contributed by atoms with Crippen molar-refractivity contribution >= 4 is 15.8 Å². The molecule has 0 unspecified atom stereocenters. The van der Waals surface area contributed by atoms with Crippen molar-refractivity contribution in [2.75, 3.05) is 7.05 Å². The van der Waals surface area contributed by atoms with E-state index in [-0.39, 0.29) is 10.6 Å². The first-order valence-electron chi connectivity index (χ1n) is 3.42. The van der Waals surface area contributed by atoms with Crippen LogP contribution in [0.5, 0.6) is 0 Å².